The van der Waals surface area contributed by atoms with Gasteiger partial charge in [0.1, 0.15) is 5.75 Å². The Morgan fingerprint density at radius 1 is 1.25 bits per heavy atom. The third kappa shape index (κ3) is 4.38. The van der Waals surface area contributed by atoms with Crippen LogP contribution in [0.5, 0.6) is 5.75 Å². The third-order valence-electron chi connectivity index (χ3n) is 3.85. The number of ether oxygens (including phenoxy) is 1. The first-order chi connectivity index (χ1) is 13.3. The van der Waals surface area contributed by atoms with E-state index < -0.39 is 5.91 Å². The maximum atomic E-state index is 12.9. The van der Waals surface area contributed by atoms with Gasteiger partial charge < -0.3 is 10.5 Å². The summed E-state index contributed by atoms with van der Waals surface area (Å²) in [6.07, 6.45) is 1.65. The highest BCUT2D eigenvalue weighted by atomic mass is 79.9. The van der Waals surface area contributed by atoms with Crippen LogP contribution in [0.1, 0.15) is 12.5 Å². The van der Waals surface area contributed by atoms with Gasteiger partial charge in [0.25, 0.3) is 11.8 Å². The van der Waals surface area contributed by atoms with Crippen molar-refractivity contribution in [3.63, 3.8) is 0 Å². The van der Waals surface area contributed by atoms with Crippen molar-refractivity contribution >= 4 is 68.4 Å². The van der Waals surface area contributed by atoms with Crippen molar-refractivity contribution in [2.45, 2.75) is 6.92 Å². The summed E-state index contributed by atoms with van der Waals surface area (Å²) in [5.41, 5.74) is 7.15. The summed E-state index contributed by atoms with van der Waals surface area (Å²) in [6, 6.07) is 10.0. The Hall–Kier alpha value is -2.35. The molecule has 1 aliphatic heterocycles. The number of rotatable bonds is 5. The number of carbonyl (C=O) groups is 2. The average molecular weight is 483 g/mol. The molecule has 0 radical (unpaired) electrons. The molecule has 2 aromatic carbocycles. The van der Waals surface area contributed by atoms with E-state index in [1.165, 1.54) is 5.01 Å². The number of primary amides is 1. The van der Waals surface area contributed by atoms with Gasteiger partial charge in [0.05, 0.1) is 27.0 Å². The monoisotopic (exact) mass is 481 g/mol. The first-order valence-electron chi connectivity index (χ1n) is 8.03. The minimum Gasteiger partial charge on any atom is -0.483 e. The minimum atomic E-state index is -0.595. The van der Waals surface area contributed by atoms with Gasteiger partial charge in [-0.3, -0.25) is 9.59 Å². The van der Waals surface area contributed by atoms with Crippen molar-refractivity contribution in [3.05, 3.63) is 62.1 Å². The normalized spacial score (nSPS) is 15.1. The van der Waals surface area contributed by atoms with Crippen LogP contribution in [0.2, 0.25) is 10.0 Å². The Morgan fingerprint density at radius 2 is 2.00 bits per heavy atom. The lowest BCUT2D eigenvalue weighted by Crippen LogP contribution is -2.21. The molecule has 0 saturated heterocycles. The fraction of sp³-hybridized carbons (Fsp3) is 0.105. The SMILES string of the molecule is CC1=NN(c2ccc(Cl)c(Cl)c2)C(=O)C1=Cc1cc(Br)ccc1OCC(N)=O. The van der Waals surface area contributed by atoms with Crippen LogP contribution in [0.25, 0.3) is 6.08 Å². The highest BCUT2D eigenvalue weighted by Crippen LogP contribution is 2.32. The van der Waals surface area contributed by atoms with E-state index in [0.717, 1.165) is 4.47 Å². The average Bonchev–Trinajstić information content (AvgIpc) is 2.91. The summed E-state index contributed by atoms with van der Waals surface area (Å²) < 4.78 is 6.22. The molecule has 3 rings (SSSR count). The number of hydrazone groups is 1. The van der Waals surface area contributed by atoms with Crippen LogP contribution in [0.15, 0.2) is 51.5 Å². The second-order valence-corrected chi connectivity index (χ2v) is 7.63. The van der Waals surface area contributed by atoms with Crippen molar-refractivity contribution in [1.82, 2.24) is 0 Å². The first-order valence-corrected chi connectivity index (χ1v) is 9.58. The van der Waals surface area contributed by atoms with Crippen LogP contribution in [0, 0.1) is 0 Å². The van der Waals surface area contributed by atoms with Gasteiger partial charge in [-0.05, 0) is 49.4 Å². The maximum Gasteiger partial charge on any atom is 0.280 e. The number of halogens is 3. The smallest absolute Gasteiger partial charge is 0.280 e. The molecule has 2 amide bonds. The maximum absolute atomic E-state index is 12.9. The lowest BCUT2D eigenvalue weighted by atomic mass is 10.1. The lowest BCUT2D eigenvalue weighted by molar-refractivity contribution is -0.120. The van der Waals surface area contributed by atoms with Gasteiger partial charge in [-0.15, -0.1) is 0 Å². The number of carbonyl (C=O) groups excluding carboxylic acids is 2. The zero-order valence-electron chi connectivity index (χ0n) is 14.6. The minimum absolute atomic E-state index is 0.270. The summed E-state index contributed by atoms with van der Waals surface area (Å²) in [4.78, 5) is 23.9. The molecule has 1 heterocycles. The zero-order valence-corrected chi connectivity index (χ0v) is 17.7. The molecule has 1 aliphatic rings. The van der Waals surface area contributed by atoms with Crippen LogP contribution in [-0.2, 0) is 9.59 Å². The number of nitrogens with two attached hydrogens (primary N) is 1. The molecular formula is C19H14BrCl2N3O3. The van der Waals surface area contributed by atoms with Crippen LogP contribution >= 0.6 is 39.1 Å². The molecule has 0 unspecified atom stereocenters. The van der Waals surface area contributed by atoms with Gasteiger partial charge in [0.15, 0.2) is 6.61 Å². The second kappa shape index (κ2) is 8.34. The van der Waals surface area contributed by atoms with Crippen molar-refractivity contribution < 1.29 is 14.3 Å². The van der Waals surface area contributed by atoms with Gasteiger partial charge in [-0.1, -0.05) is 39.1 Å². The number of benzene rings is 2. The van der Waals surface area contributed by atoms with Crippen molar-refractivity contribution in [2.24, 2.45) is 10.8 Å². The summed E-state index contributed by atoms with van der Waals surface area (Å²) >= 11 is 15.4. The van der Waals surface area contributed by atoms with Gasteiger partial charge in [0.2, 0.25) is 0 Å². The Bertz CT molecular complexity index is 1040. The standard InChI is InChI=1S/C19H14BrCl2N3O3/c1-10-14(7-11-6-12(20)2-5-17(11)28-9-18(23)26)19(27)25(24-10)13-3-4-15(21)16(22)8-13/h2-8H,9H2,1H3,(H2,23,26). The number of amides is 2. The van der Waals surface area contributed by atoms with E-state index in [2.05, 4.69) is 21.0 Å². The number of nitrogens with zero attached hydrogens (tertiary/aromatic N) is 2. The molecule has 0 fully saturated rings. The van der Waals surface area contributed by atoms with E-state index in [4.69, 9.17) is 33.7 Å². The van der Waals surface area contributed by atoms with E-state index in [-0.39, 0.29) is 12.5 Å². The molecule has 28 heavy (non-hydrogen) atoms. The van der Waals surface area contributed by atoms with E-state index in [0.29, 0.717) is 38.3 Å². The molecular weight excluding hydrogens is 469 g/mol. The molecule has 0 saturated carbocycles. The van der Waals surface area contributed by atoms with E-state index in [1.54, 1.807) is 49.4 Å². The van der Waals surface area contributed by atoms with Gasteiger partial charge in [0, 0.05) is 10.0 Å². The highest BCUT2D eigenvalue weighted by molar-refractivity contribution is 9.10. The molecule has 0 aromatic heterocycles. The summed E-state index contributed by atoms with van der Waals surface area (Å²) in [6.45, 7) is 1.46. The van der Waals surface area contributed by atoms with E-state index in [9.17, 15) is 9.59 Å². The van der Waals surface area contributed by atoms with E-state index >= 15 is 0 Å². The topological polar surface area (TPSA) is 85.0 Å². The number of hydrogen-bond acceptors (Lipinski definition) is 4. The predicted molar refractivity (Wildman–Crippen MR) is 114 cm³/mol. The van der Waals surface area contributed by atoms with Crippen molar-refractivity contribution in [2.75, 3.05) is 11.6 Å². The first kappa shape index (κ1) is 20.4. The fourth-order valence-electron chi connectivity index (χ4n) is 2.54. The Kier molecular flexibility index (Phi) is 6.07. The lowest BCUT2D eigenvalue weighted by Gasteiger charge is -2.13. The largest absolute Gasteiger partial charge is 0.483 e. The Labute approximate surface area is 179 Å². The highest BCUT2D eigenvalue weighted by Gasteiger charge is 2.29. The number of hydrogen-bond donors (Lipinski definition) is 1. The molecule has 2 N–H and O–H groups in total. The van der Waals surface area contributed by atoms with Crippen LogP contribution in [-0.4, -0.2) is 24.1 Å². The zero-order chi connectivity index (χ0) is 20.4. The third-order valence-corrected chi connectivity index (χ3v) is 5.08. The van der Waals surface area contributed by atoms with E-state index in [1.807, 2.05) is 0 Å². The quantitative estimate of drug-likeness (QED) is 0.639. The molecule has 0 spiro atoms. The molecule has 0 bridgehead atoms. The molecule has 9 heteroatoms. The summed E-state index contributed by atoms with van der Waals surface area (Å²) in [5, 5.41) is 6.29. The molecule has 2 aromatic rings. The predicted octanol–water partition coefficient (Wildman–Crippen LogP) is 4.43. The molecule has 144 valence electrons. The van der Waals surface area contributed by atoms with Crippen LogP contribution in [0.3, 0.4) is 0 Å². The second-order valence-electron chi connectivity index (χ2n) is 5.90. The van der Waals surface area contributed by atoms with Gasteiger partial charge in [-0.25, -0.2) is 0 Å². The van der Waals surface area contributed by atoms with Gasteiger partial charge in [-0.2, -0.15) is 10.1 Å². The van der Waals surface area contributed by atoms with Gasteiger partial charge >= 0.3 is 0 Å². The van der Waals surface area contributed by atoms with Crippen molar-refractivity contribution in [1.29, 1.82) is 0 Å². The van der Waals surface area contributed by atoms with Crippen molar-refractivity contribution in [3.8, 4) is 5.75 Å². The molecule has 0 aliphatic carbocycles. The number of anilines is 1. The Morgan fingerprint density at radius 3 is 2.68 bits per heavy atom. The Balaban J connectivity index is 1.96. The fourth-order valence-corrected chi connectivity index (χ4v) is 3.22. The van der Waals surface area contributed by atoms with Crippen LogP contribution in [0.4, 0.5) is 5.69 Å². The molecule has 6 nitrogen and oxygen atoms in total. The molecule has 0 atom stereocenters. The summed E-state index contributed by atoms with van der Waals surface area (Å²) in [5.74, 6) is -0.498. The van der Waals surface area contributed by atoms with Crippen LogP contribution < -0.4 is 15.5 Å². The summed E-state index contributed by atoms with van der Waals surface area (Å²) in [7, 11) is 0.